The molecule has 1 aromatic carbocycles. The van der Waals surface area contributed by atoms with Crippen LogP contribution in [0, 0.1) is 5.92 Å². The molecule has 6 heteroatoms. The van der Waals surface area contributed by atoms with Gasteiger partial charge in [-0.15, -0.1) is 0 Å². The maximum Gasteiger partial charge on any atom is 0.329 e. The summed E-state index contributed by atoms with van der Waals surface area (Å²) < 4.78 is 15.8. The summed E-state index contributed by atoms with van der Waals surface area (Å²) in [5.41, 5.74) is 0.466. The van der Waals surface area contributed by atoms with Gasteiger partial charge in [-0.3, -0.25) is 4.79 Å². The third-order valence-electron chi connectivity index (χ3n) is 3.99. The topological polar surface area (TPSA) is 73.9 Å². The zero-order valence-electron chi connectivity index (χ0n) is 14.4. The van der Waals surface area contributed by atoms with Gasteiger partial charge in [0.25, 0.3) is 5.91 Å². The van der Waals surface area contributed by atoms with Crippen molar-refractivity contribution in [2.75, 3.05) is 20.3 Å². The molecule has 1 N–H and O–H groups in total. The van der Waals surface area contributed by atoms with Gasteiger partial charge in [0.1, 0.15) is 18.4 Å². The average Bonchev–Trinajstić information content (AvgIpc) is 3.10. The quantitative estimate of drug-likeness (QED) is 0.773. The van der Waals surface area contributed by atoms with Crippen LogP contribution in [0.5, 0.6) is 5.75 Å². The highest BCUT2D eigenvalue weighted by atomic mass is 16.6. The van der Waals surface area contributed by atoms with Gasteiger partial charge in [0.2, 0.25) is 0 Å². The van der Waals surface area contributed by atoms with Crippen molar-refractivity contribution < 1.29 is 23.8 Å². The van der Waals surface area contributed by atoms with Crippen LogP contribution in [0.1, 0.15) is 37.0 Å². The number of rotatable bonds is 7. The van der Waals surface area contributed by atoms with Gasteiger partial charge in [-0.05, 0) is 43.0 Å². The smallest absolute Gasteiger partial charge is 0.329 e. The second-order valence-electron chi connectivity index (χ2n) is 6.19. The Morgan fingerprint density at radius 3 is 2.54 bits per heavy atom. The molecule has 2 rings (SSSR count). The number of nitrogens with one attached hydrogen (secondary N) is 1. The Balaban J connectivity index is 1.93. The summed E-state index contributed by atoms with van der Waals surface area (Å²) in [6, 6.07) is 6.03. The molecule has 2 atom stereocenters. The number of benzene rings is 1. The largest absolute Gasteiger partial charge is 0.497 e. The van der Waals surface area contributed by atoms with Crippen molar-refractivity contribution >= 4 is 11.9 Å². The molecule has 24 heavy (non-hydrogen) atoms. The maximum atomic E-state index is 12.3. The van der Waals surface area contributed by atoms with Gasteiger partial charge < -0.3 is 19.5 Å². The van der Waals surface area contributed by atoms with Crippen molar-refractivity contribution in [2.24, 2.45) is 5.92 Å². The molecule has 1 saturated heterocycles. The van der Waals surface area contributed by atoms with E-state index in [4.69, 9.17) is 14.2 Å². The van der Waals surface area contributed by atoms with E-state index in [2.05, 4.69) is 5.32 Å². The van der Waals surface area contributed by atoms with E-state index in [-0.39, 0.29) is 24.5 Å². The molecule has 1 heterocycles. The normalized spacial score (nSPS) is 18.2. The predicted octanol–water partition coefficient (Wildman–Crippen LogP) is 2.17. The van der Waals surface area contributed by atoms with Crippen molar-refractivity contribution in [3.05, 3.63) is 29.8 Å². The number of hydrogen-bond acceptors (Lipinski definition) is 5. The van der Waals surface area contributed by atoms with Crippen molar-refractivity contribution in [1.29, 1.82) is 0 Å². The molecule has 1 aliphatic heterocycles. The van der Waals surface area contributed by atoms with Crippen LogP contribution in [0.4, 0.5) is 0 Å². The van der Waals surface area contributed by atoms with Crippen LogP contribution in [0.3, 0.4) is 0 Å². The van der Waals surface area contributed by atoms with Crippen LogP contribution in [0.25, 0.3) is 0 Å². The highest BCUT2D eigenvalue weighted by molar-refractivity contribution is 5.96. The lowest BCUT2D eigenvalue weighted by Gasteiger charge is -2.22. The lowest BCUT2D eigenvalue weighted by molar-refractivity contribution is -0.150. The summed E-state index contributed by atoms with van der Waals surface area (Å²) in [5.74, 6) is -0.153. The third kappa shape index (κ3) is 4.96. The zero-order valence-corrected chi connectivity index (χ0v) is 14.4. The Morgan fingerprint density at radius 1 is 1.29 bits per heavy atom. The Hall–Kier alpha value is -2.08. The van der Waals surface area contributed by atoms with E-state index in [0.717, 1.165) is 12.8 Å². The molecular weight excluding hydrogens is 310 g/mol. The SMILES string of the molecule is COc1ccc(C(=O)N[C@H](C(=O)OC[C@H]2CCCO2)C(C)C)cc1. The number of carbonyl (C=O) groups excluding carboxylic acids is 2. The maximum absolute atomic E-state index is 12.3. The van der Waals surface area contributed by atoms with Crippen LogP contribution in [-0.4, -0.2) is 44.3 Å². The standard InChI is InChI=1S/C18H25NO5/c1-12(2)16(18(21)24-11-15-5-4-10-23-15)19-17(20)13-6-8-14(22-3)9-7-13/h6-9,12,15-16H,4-5,10-11H2,1-3H3,(H,19,20)/t15-,16+/m1/s1. The fraction of sp³-hybridized carbons (Fsp3) is 0.556. The van der Waals surface area contributed by atoms with Crippen LogP contribution in [-0.2, 0) is 14.3 Å². The molecule has 0 aromatic heterocycles. The first kappa shape index (κ1) is 18.3. The molecule has 1 aromatic rings. The highest BCUT2D eigenvalue weighted by Crippen LogP contribution is 2.14. The van der Waals surface area contributed by atoms with Crippen molar-refractivity contribution in [2.45, 2.75) is 38.8 Å². The van der Waals surface area contributed by atoms with E-state index < -0.39 is 12.0 Å². The number of hydrogen-bond donors (Lipinski definition) is 1. The predicted molar refractivity (Wildman–Crippen MR) is 89.0 cm³/mol. The first-order valence-electron chi connectivity index (χ1n) is 8.24. The Bertz CT molecular complexity index is 549. The summed E-state index contributed by atoms with van der Waals surface area (Å²) in [7, 11) is 1.56. The second kappa shape index (κ2) is 8.68. The monoisotopic (exact) mass is 335 g/mol. The lowest BCUT2D eigenvalue weighted by Crippen LogP contribution is -2.45. The van der Waals surface area contributed by atoms with E-state index >= 15 is 0 Å². The summed E-state index contributed by atoms with van der Waals surface area (Å²) in [6.45, 7) is 4.68. The Labute approximate surface area is 142 Å². The van der Waals surface area contributed by atoms with E-state index in [9.17, 15) is 9.59 Å². The first-order chi connectivity index (χ1) is 11.5. The molecular formula is C18H25NO5. The van der Waals surface area contributed by atoms with Gasteiger partial charge >= 0.3 is 5.97 Å². The van der Waals surface area contributed by atoms with Gasteiger partial charge in [0.05, 0.1) is 13.2 Å². The third-order valence-corrected chi connectivity index (χ3v) is 3.99. The Morgan fingerprint density at radius 2 is 2.00 bits per heavy atom. The molecule has 1 amide bonds. The fourth-order valence-corrected chi connectivity index (χ4v) is 2.51. The number of ether oxygens (including phenoxy) is 3. The van der Waals surface area contributed by atoms with Gasteiger partial charge in [-0.1, -0.05) is 13.8 Å². The average molecular weight is 335 g/mol. The molecule has 0 saturated carbocycles. The molecule has 0 bridgehead atoms. The molecule has 0 unspecified atom stereocenters. The molecule has 1 fully saturated rings. The molecule has 1 aliphatic rings. The van der Waals surface area contributed by atoms with Crippen molar-refractivity contribution in [3.8, 4) is 5.75 Å². The van der Waals surface area contributed by atoms with Crippen LogP contribution >= 0.6 is 0 Å². The minimum atomic E-state index is -0.694. The van der Waals surface area contributed by atoms with Gasteiger partial charge in [0, 0.05) is 12.2 Å². The first-order valence-corrected chi connectivity index (χ1v) is 8.24. The number of carbonyl (C=O) groups is 2. The minimum absolute atomic E-state index is 0.0287. The van der Waals surface area contributed by atoms with E-state index in [1.165, 1.54) is 0 Å². The number of methoxy groups -OCH3 is 1. The van der Waals surface area contributed by atoms with Gasteiger partial charge in [-0.25, -0.2) is 4.79 Å². The molecule has 0 spiro atoms. The van der Waals surface area contributed by atoms with Gasteiger partial charge in [0.15, 0.2) is 0 Å². The van der Waals surface area contributed by atoms with E-state index in [1.807, 2.05) is 13.8 Å². The summed E-state index contributed by atoms with van der Waals surface area (Å²) in [6.07, 6.45) is 1.86. The second-order valence-corrected chi connectivity index (χ2v) is 6.19. The molecule has 132 valence electrons. The summed E-state index contributed by atoms with van der Waals surface area (Å²) in [4.78, 5) is 24.6. The summed E-state index contributed by atoms with van der Waals surface area (Å²) in [5, 5.41) is 2.75. The molecule has 6 nitrogen and oxygen atoms in total. The van der Waals surface area contributed by atoms with E-state index in [0.29, 0.717) is 17.9 Å². The van der Waals surface area contributed by atoms with Crippen LogP contribution < -0.4 is 10.1 Å². The lowest BCUT2D eigenvalue weighted by atomic mass is 10.0. The number of esters is 1. The van der Waals surface area contributed by atoms with Crippen molar-refractivity contribution in [3.63, 3.8) is 0 Å². The zero-order chi connectivity index (χ0) is 17.5. The minimum Gasteiger partial charge on any atom is -0.497 e. The van der Waals surface area contributed by atoms with Gasteiger partial charge in [-0.2, -0.15) is 0 Å². The Kier molecular flexibility index (Phi) is 6.61. The fourth-order valence-electron chi connectivity index (χ4n) is 2.51. The summed E-state index contributed by atoms with van der Waals surface area (Å²) >= 11 is 0. The highest BCUT2D eigenvalue weighted by Gasteiger charge is 2.27. The van der Waals surface area contributed by atoms with Crippen molar-refractivity contribution in [1.82, 2.24) is 5.32 Å². The molecule has 0 aliphatic carbocycles. The van der Waals surface area contributed by atoms with E-state index in [1.54, 1.807) is 31.4 Å². The molecule has 0 radical (unpaired) electrons. The van der Waals surface area contributed by atoms with Crippen LogP contribution in [0.2, 0.25) is 0 Å². The number of amides is 1. The van der Waals surface area contributed by atoms with Crippen LogP contribution in [0.15, 0.2) is 24.3 Å².